The molecule has 162 valence electrons. The fraction of sp³-hybridized carbons (Fsp3) is 0.360. The highest BCUT2D eigenvalue weighted by molar-refractivity contribution is 7.09. The first kappa shape index (κ1) is 21.5. The van der Waals surface area contributed by atoms with Gasteiger partial charge in [0.05, 0.1) is 10.7 Å². The SMILES string of the molecule is Cc1nc(CN2CCC(C(=O)NCc3ccccc3OCc3ccccc3)CC2)cs1. The number of carbonyl (C=O) groups is 1. The van der Waals surface area contributed by atoms with Crippen LogP contribution >= 0.6 is 11.3 Å². The van der Waals surface area contributed by atoms with E-state index in [-0.39, 0.29) is 11.8 Å². The Morgan fingerprint density at radius 2 is 1.87 bits per heavy atom. The van der Waals surface area contributed by atoms with E-state index >= 15 is 0 Å². The highest BCUT2D eigenvalue weighted by atomic mass is 32.1. The van der Waals surface area contributed by atoms with Crippen molar-refractivity contribution in [2.75, 3.05) is 13.1 Å². The van der Waals surface area contributed by atoms with Crippen molar-refractivity contribution in [3.63, 3.8) is 0 Å². The van der Waals surface area contributed by atoms with E-state index in [4.69, 9.17) is 4.74 Å². The molecule has 0 aliphatic carbocycles. The van der Waals surface area contributed by atoms with Gasteiger partial charge < -0.3 is 10.1 Å². The average Bonchev–Trinajstić information content (AvgIpc) is 3.22. The number of likely N-dealkylation sites (tertiary alicyclic amines) is 1. The molecule has 2 heterocycles. The van der Waals surface area contributed by atoms with E-state index in [1.54, 1.807) is 11.3 Å². The van der Waals surface area contributed by atoms with E-state index in [0.29, 0.717) is 13.2 Å². The molecule has 1 aliphatic rings. The minimum atomic E-state index is 0.0748. The minimum Gasteiger partial charge on any atom is -0.489 e. The van der Waals surface area contributed by atoms with Crippen molar-refractivity contribution in [3.8, 4) is 5.75 Å². The van der Waals surface area contributed by atoms with Crippen LogP contribution in [0.25, 0.3) is 0 Å². The third kappa shape index (κ3) is 6.15. The smallest absolute Gasteiger partial charge is 0.223 e. The quantitative estimate of drug-likeness (QED) is 0.564. The zero-order valence-corrected chi connectivity index (χ0v) is 18.7. The maximum absolute atomic E-state index is 12.7. The predicted molar refractivity (Wildman–Crippen MR) is 124 cm³/mol. The summed E-state index contributed by atoms with van der Waals surface area (Å²) in [5.74, 6) is 1.04. The van der Waals surface area contributed by atoms with Crippen molar-refractivity contribution >= 4 is 17.2 Å². The van der Waals surface area contributed by atoms with Gasteiger partial charge in [0.2, 0.25) is 5.91 Å². The zero-order valence-electron chi connectivity index (χ0n) is 17.9. The molecule has 0 atom stereocenters. The number of nitrogens with one attached hydrogen (secondary N) is 1. The van der Waals surface area contributed by atoms with E-state index < -0.39 is 0 Å². The maximum atomic E-state index is 12.7. The maximum Gasteiger partial charge on any atom is 0.223 e. The van der Waals surface area contributed by atoms with Crippen LogP contribution in [0.4, 0.5) is 0 Å². The number of benzene rings is 2. The monoisotopic (exact) mass is 435 g/mol. The number of aromatic nitrogens is 1. The number of thiazole rings is 1. The third-order valence-electron chi connectivity index (χ3n) is 5.67. The molecule has 1 fully saturated rings. The summed E-state index contributed by atoms with van der Waals surface area (Å²) in [6.45, 7) is 5.79. The third-order valence-corrected chi connectivity index (χ3v) is 6.50. The Kier molecular flexibility index (Phi) is 7.33. The number of carbonyl (C=O) groups excluding carboxylic acids is 1. The Hall–Kier alpha value is -2.70. The van der Waals surface area contributed by atoms with Crippen LogP contribution in [0.15, 0.2) is 60.0 Å². The summed E-state index contributed by atoms with van der Waals surface area (Å²) >= 11 is 1.69. The van der Waals surface area contributed by atoms with Crippen molar-refractivity contribution in [2.24, 2.45) is 5.92 Å². The molecule has 1 amide bonds. The van der Waals surface area contributed by atoms with Gasteiger partial charge in [-0.3, -0.25) is 9.69 Å². The van der Waals surface area contributed by atoms with Crippen molar-refractivity contribution in [2.45, 2.75) is 39.5 Å². The summed E-state index contributed by atoms with van der Waals surface area (Å²) in [7, 11) is 0. The molecular formula is C25H29N3O2S. The van der Waals surface area contributed by atoms with Crippen molar-refractivity contribution in [1.82, 2.24) is 15.2 Å². The van der Waals surface area contributed by atoms with Gasteiger partial charge in [0.25, 0.3) is 0 Å². The molecule has 2 aromatic carbocycles. The molecule has 3 aromatic rings. The number of rotatable bonds is 8. The van der Waals surface area contributed by atoms with Gasteiger partial charge in [0.1, 0.15) is 12.4 Å². The lowest BCUT2D eigenvalue weighted by Gasteiger charge is -2.30. The molecule has 4 rings (SSSR count). The molecule has 5 nitrogen and oxygen atoms in total. The number of ether oxygens (including phenoxy) is 1. The Bertz CT molecular complexity index is 981. The van der Waals surface area contributed by atoms with Crippen LogP contribution in [0.2, 0.25) is 0 Å². The summed E-state index contributed by atoms with van der Waals surface area (Å²) in [5, 5.41) is 6.37. The second-order valence-electron chi connectivity index (χ2n) is 8.01. The molecule has 1 aliphatic heterocycles. The minimum absolute atomic E-state index is 0.0748. The molecule has 1 N–H and O–H groups in total. The van der Waals surface area contributed by atoms with Crippen LogP contribution in [-0.4, -0.2) is 28.9 Å². The summed E-state index contributed by atoms with van der Waals surface area (Å²) in [6.07, 6.45) is 1.78. The standard InChI is InChI=1S/C25H29N3O2S/c1-19-27-23(18-31-19)16-28-13-11-21(12-14-28)25(29)26-15-22-9-5-6-10-24(22)30-17-20-7-3-2-4-8-20/h2-10,18,21H,11-17H2,1H3,(H,26,29). The summed E-state index contributed by atoms with van der Waals surface area (Å²) < 4.78 is 6.01. The van der Waals surface area contributed by atoms with Crippen LogP contribution < -0.4 is 10.1 Å². The molecule has 0 spiro atoms. The molecule has 0 saturated carbocycles. The van der Waals surface area contributed by atoms with Crippen LogP contribution in [0, 0.1) is 12.8 Å². The number of para-hydroxylation sites is 1. The Balaban J connectivity index is 1.24. The fourth-order valence-electron chi connectivity index (χ4n) is 3.92. The van der Waals surface area contributed by atoms with Gasteiger partial charge in [-0.05, 0) is 44.5 Å². The van der Waals surface area contributed by atoms with E-state index in [2.05, 4.69) is 20.6 Å². The summed E-state index contributed by atoms with van der Waals surface area (Å²) in [6, 6.07) is 18.0. The lowest BCUT2D eigenvalue weighted by molar-refractivity contribution is -0.126. The first-order chi connectivity index (χ1) is 15.2. The van der Waals surface area contributed by atoms with E-state index in [1.165, 1.54) is 0 Å². The Labute approximate surface area is 188 Å². The number of hydrogen-bond donors (Lipinski definition) is 1. The van der Waals surface area contributed by atoms with Gasteiger partial charge >= 0.3 is 0 Å². The predicted octanol–water partition coefficient (Wildman–Crippen LogP) is 4.56. The van der Waals surface area contributed by atoms with Gasteiger partial charge in [-0.1, -0.05) is 48.5 Å². The van der Waals surface area contributed by atoms with Crippen LogP contribution in [0.1, 0.15) is 34.7 Å². The van der Waals surface area contributed by atoms with Gasteiger partial charge in [-0.25, -0.2) is 4.98 Å². The van der Waals surface area contributed by atoms with Gasteiger partial charge in [-0.2, -0.15) is 0 Å². The van der Waals surface area contributed by atoms with Crippen LogP contribution in [-0.2, 0) is 24.5 Å². The van der Waals surface area contributed by atoms with Crippen LogP contribution in [0.3, 0.4) is 0 Å². The molecule has 0 bridgehead atoms. The first-order valence-electron chi connectivity index (χ1n) is 10.8. The molecule has 31 heavy (non-hydrogen) atoms. The van der Waals surface area contributed by atoms with Crippen molar-refractivity contribution in [3.05, 3.63) is 81.8 Å². The van der Waals surface area contributed by atoms with Gasteiger partial charge in [0, 0.05) is 30.0 Å². The summed E-state index contributed by atoms with van der Waals surface area (Å²) in [4.78, 5) is 19.7. The van der Waals surface area contributed by atoms with Gasteiger partial charge in [-0.15, -0.1) is 11.3 Å². The van der Waals surface area contributed by atoms with Crippen molar-refractivity contribution in [1.29, 1.82) is 0 Å². The first-order valence-corrected chi connectivity index (χ1v) is 11.7. The normalized spacial score (nSPS) is 15.0. The van der Waals surface area contributed by atoms with E-state index in [0.717, 1.165) is 60.1 Å². The lowest BCUT2D eigenvalue weighted by Crippen LogP contribution is -2.40. The highest BCUT2D eigenvalue weighted by Gasteiger charge is 2.25. The Morgan fingerprint density at radius 3 is 2.61 bits per heavy atom. The number of amides is 1. The number of piperidine rings is 1. The topological polar surface area (TPSA) is 54.5 Å². The van der Waals surface area contributed by atoms with E-state index in [1.807, 2.05) is 61.5 Å². The van der Waals surface area contributed by atoms with E-state index in [9.17, 15) is 4.79 Å². The second kappa shape index (κ2) is 10.6. The molecule has 1 aromatic heterocycles. The zero-order chi connectivity index (χ0) is 21.5. The largest absolute Gasteiger partial charge is 0.489 e. The van der Waals surface area contributed by atoms with Gasteiger partial charge in [0.15, 0.2) is 0 Å². The number of hydrogen-bond acceptors (Lipinski definition) is 5. The molecule has 6 heteroatoms. The lowest BCUT2D eigenvalue weighted by atomic mass is 9.95. The summed E-state index contributed by atoms with van der Waals surface area (Å²) in [5.41, 5.74) is 3.27. The number of nitrogens with zero attached hydrogens (tertiary/aromatic N) is 2. The Morgan fingerprint density at radius 1 is 1.13 bits per heavy atom. The van der Waals surface area contributed by atoms with Crippen LogP contribution in [0.5, 0.6) is 5.75 Å². The molecule has 0 unspecified atom stereocenters. The second-order valence-corrected chi connectivity index (χ2v) is 9.07. The number of aryl methyl sites for hydroxylation is 1. The average molecular weight is 436 g/mol. The molecular weight excluding hydrogens is 406 g/mol. The van der Waals surface area contributed by atoms with Crippen molar-refractivity contribution < 1.29 is 9.53 Å². The molecule has 0 radical (unpaired) electrons. The molecule has 1 saturated heterocycles. The highest BCUT2D eigenvalue weighted by Crippen LogP contribution is 2.22. The fourth-order valence-corrected chi connectivity index (χ4v) is 4.52.